The van der Waals surface area contributed by atoms with Crippen LogP contribution in [-0.4, -0.2) is 5.97 Å². The minimum atomic E-state index is -1.18. The van der Waals surface area contributed by atoms with Crippen LogP contribution in [0.2, 0.25) is 0 Å². The fourth-order valence-corrected chi connectivity index (χ4v) is 1.69. The summed E-state index contributed by atoms with van der Waals surface area (Å²) < 4.78 is 5.32. The fourth-order valence-electron chi connectivity index (χ4n) is 1.69. The molecule has 0 spiro atoms. The molecular formula is C17H19NaO3. The molecule has 1 aromatic rings. The Kier molecular flexibility index (Phi) is 9.02. The summed E-state index contributed by atoms with van der Waals surface area (Å²) in [6.45, 7) is 7.62. The Morgan fingerprint density at radius 1 is 1.19 bits per heavy atom. The molecule has 0 aliphatic carbocycles. The van der Waals surface area contributed by atoms with Crippen LogP contribution in [0, 0.1) is 13.8 Å². The molecular weight excluding hydrogens is 275 g/mol. The van der Waals surface area contributed by atoms with E-state index in [1.807, 2.05) is 45.1 Å². The fraction of sp³-hybridized carbons (Fsp3) is 0.235. The van der Waals surface area contributed by atoms with E-state index in [9.17, 15) is 9.90 Å². The summed E-state index contributed by atoms with van der Waals surface area (Å²) in [5.74, 6) is -0.284. The van der Waals surface area contributed by atoms with E-state index in [4.69, 9.17) is 4.42 Å². The van der Waals surface area contributed by atoms with Crippen LogP contribution in [0.5, 0.6) is 0 Å². The second kappa shape index (κ2) is 9.61. The van der Waals surface area contributed by atoms with Crippen molar-refractivity contribution in [2.45, 2.75) is 27.7 Å². The predicted octanol–water partition coefficient (Wildman–Crippen LogP) is 0.112. The molecule has 0 saturated carbocycles. The molecule has 106 valence electrons. The van der Waals surface area contributed by atoms with Gasteiger partial charge in [-0.15, -0.1) is 0 Å². The molecule has 0 atom stereocenters. The van der Waals surface area contributed by atoms with Crippen molar-refractivity contribution in [2.75, 3.05) is 0 Å². The maximum absolute atomic E-state index is 10.3. The number of aryl methyl sites for hydroxylation is 2. The monoisotopic (exact) mass is 294 g/mol. The number of rotatable bonds is 5. The predicted molar refractivity (Wildman–Crippen MR) is 78.9 cm³/mol. The summed E-state index contributed by atoms with van der Waals surface area (Å²) in [7, 11) is 0. The molecule has 0 unspecified atom stereocenters. The van der Waals surface area contributed by atoms with E-state index in [1.54, 1.807) is 19.3 Å². The largest absolute Gasteiger partial charge is 1.00 e. The first kappa shape index (κ1) is 19.7. The molecule has 1 rings (SSSR count). The van der Waals surface area contributed by atoms with Gasteiger partial charge in [0.05, 0.1) is 12.2 Å². The maximum Gasteiger partial charge on any atom is 1.00 e. The van der Waals surface area contributed by atoms with Gasteiger partial charge in [0.1, 0.15) is 5.76 Å². The zero-order valence-corrected chi connectivity index (χ0v) is 15.3. The number of carbonyl (C=O) groups is 1. The molecule has 1 heterocycles. The number of carboxylic acid groups (broad SMARTS) is 1. The van der Waals surface area contributed by atoms with Crippen LogP contribution in [0.4, 0.5) is 0 Å². The third-order valence-corrected chi connectivity index (χ3v) is 2.79. The van der Waals surface area contributed by atoms with Gasteiger partial charge in [0.25, 0.3) is 0 Å². The van der Waals surface area contributed by atoms with Gasteiger partial charge >= 0.3 is 29.6 Å². The van der Waals surface area contributed by atoms with E-state index in [0.717, 1.165) is 28.5 Å². The molecule has 3 nitrogen and oxygen atoms in total. The summed E-state index contributed by atoms with van der Waals surface area (Å²) in [5, 5.41) is 10.3. The van der Waals surface area contributed by atoms with Gasteiger partial charge in [-0.1, -0.05) is 36.0 Å². The van der Waals surface area contributed by atoms with Gasteiger partial charge in [-0.05, 0) is 44.9 Å². The van der Waals surface area contributed by atoms with Gasteiger partial charge in [-0.3, -0.25) is 0 Å². The minimum absolute atomic E-state index is 0. The Hall–Kier alpha value is -1.29. The van der Waals surface area contributed by atoms with E-state index in [2.05, 4.69) is 0 Å². The number of carboxylic acids is 1. The molecule has 0 bridgehead atoms. The molecule has 21 heavy (non-hydrogen) atoms. The van der Waals surface area contributed by atoms with Crippen LogP contribution in [0.3, 0.4) is 0 Å². The maximum atomic E-state index is 10.3. The van der Waals surface area contributed by atoms with E-state index < -0.39 is 5.97 Å². The van der Waals surface area contributed by atoms with E-state index in [-0.39, 0.29) is 29.6 Å². The zero-order valence-electron chi connectivity index (χ0n) is 13.3. The third kappa shape index (κ3) is 7.32. The molecule has 0 aromatic carbocycles. The number of hydrogen-bond acceptors (Lipinski definition) is 3. The van der Waals surface area contributed by atoms with Crippen molar-refractivity contribution in [2.24, 2.45) is 0 Å². The van der Waals surface area contributed by atoms with Gasteiger partial charge in [-0.25, -0.2) is 0 Å². The minimum Gasteiger partial charge on any atom is -0.545 e. The normalized spacial score (nSPS) is 13.0. The Bertz CT molecular complexity index is 582. The molecule has 0 amide bonds. The van der Waals surface area contributed by atoms with E-state index in [1.165, 1.54) is 0 Å². The van der Waals surface area contributed by atoms with Crippen LogP contribution in [0.25, 0.3) is 6.08 Å². The molecule has 0 fully saturated rings. The first-order chi connectivity index (χ1) is 9.40. The Balaban J connectivity index is 0.00000400. The molecule has 4 heteroatoms. The first-order valence-corrected chi connectivity index (χ1v) is 6.37. The molecule has 0 radical (unpaired) electrons. The summed E-state index contributed by atoms with van der Waals surface area (Å²) in [4.78, 5) is 10.3. The third-order valence-electron chi connectivity index (χ3n) is 2.79. The zero-order chi connectivity index (χ0) is 15.1. The van der Waals surface area contributed by atoms with Gasteiger partial charge in [0.2, 0.25) is 0 Å². The smallest absolute Gasteiger partial charge is 0.545 e. The van der Waals surface area contributed by atoms with Gasteiger partial charge in [0.15, 0.2) is 0 Å². The Morgan fingerprint density at radius 3 is 2.38 bits per heavy atom. The molecule has 0 N–H and O–H groups in total. The summed E-state index contributed by atoms with van der Waals surface area (Å²) in [6.07, 6.45) is 12.2. The molecule has 0 saturated heterocycles. The summed E-state index contributed by atoms with van der Waals surface area (Å²) in [5.41, 5.74) is 3.90. The topological polar surface area (TPSA) is 53.3 Å². The Labute approximate surface area is 148 Å². The summed E-state index contributed by atoms with van der Waals surface area (Å²) in [6, 6.07) is 0. The number of carbonyl (C=O) groups excluding carboxylic acids is 1. The van der Waals surface area contributed by atoms with E-state index in [0.29, 0.717) is 5.57 Å². The van der Waals surface area contributed by atoms with Crippen molar-refractivity contribution in [3.8, 4) is 0 Å². The summed E-state index contributed by atoms with van der Waals surface area (Å²) >= 11 is 0. The van der Waals surface area contributed by atoms with Crippen molar-refractivity contribution in [1.29, 1.82) is 0 Å². The van der Waals surface area contributed by atoms with E-state index >= 15 is 0 Å². The number of hydrogen-bond donors (Lipinski definition) is 0. The van der Waals surface area contributed by atoms with Crippen LogP contribution in [0.1, 0.15) is 30.7 Å². The average molecular weight is 294 g/mol. The molecule has 0 aliphatic rings. The van der Waals surface area contributed by atoms with Crippen molar-refractivity contribution >= 4 is 12.0 Å². The van der Waals surface area contributed by atoms with Crippen molar-refractivity contribution in [3.05, 3.63) is 64.7 Å². The van der Waals surface area contributed by atoms with Gasteiger partial charge in [-0.2, -0.15) is 0 Å². The average Bonchev–Trinajstić information content (AvgIpc) is 2.65. The van der Waals surface area contributed by atoms with Crippen LogP contribution in [0.15, 0.2) is 52.2 Å². The standard InChI is InChI=1S/C17H20O3.Na/c1-12(6-5-7-13(2)10-17(18)19)8-9-16-14(3)11-20-15(16)4;/h5-11H,1-4H3,(H,18,19);/q;+1/p-1/b7-5+,9-8+,12-6+,13-10+;. The molecule has 0 aliphatic heterocycles. The molecule has 1 aromatic heterocycles. The van der Waals surface area contributed by atoms with Crippen molar-refractivity contribution in [3.63, 3.8) is 0 Å². The van der Waals surface area contributed by atoms with Crippen LogP contribution >= 0.6 is 0 Å². The van der Waals surface area contributed by atoms with Crippen molar-refractivity contribution < 1.29 is 43.9 Å². The number of allylic oxidation sites excluding steroid dienone is 6. The second-order valence-corrected chi connectivity index (χ2v) is 4.70. The first-order valence-electron chi connectivity index (χ1n) is 6.37. The second-order valence-electron chi connectivity index (χ2n) is 4.70. The van der Waals surface area contributed by atoms with Gasteiger partial charge < -0.3 is 14.3 Å². The quantitative estimate of drug-likeness (QED) is 0.440. The number of aliphatic carboxylic acids is 1. The Morgan fingerprint density at radius 2 is 1.86 bits per heavy atom. The SMILES string of the molecule is CC(/C=C/c1c(C)coc1C)=C\C=C\C(C)=C\C(=O)[O-].[Na+]. The number of furan rings is 1. The van der Waals surface area contributed by atoms with Crippen LogP contribution < -0.4 is 34.7 Å². The van der Waals surface area contributed by atoms with Crippen LogP contribution in [-0.2, 0) is 4.79 Å². The van der Waals surface area contributed by atoms with Crippen molar-refractivity contribution in [1.82, 2.24) is 0 Å². The van der Waals surface area contributed by atoms with Gasteiger partial charge in [0, 0.05) is 5.56 Å².